The number of hydrogen-bond donors (Lipinski definition) is 1. The Balaban J connectivity index is 1.59. The second kappa shape index (κ2) is 7.52. The number of amides is 1. The van der Waals surface area contributed by atoms with E-state index in [1.54, 1.807) is 28.6 Å². The van der Waals surface area contributed by atoms with Crippen LogP contribution in [0.3, 0.4) is 0 Å². The lowest BCUT2D eigenvalue weighted by Crippen LogP contribution is -2.39. The number of nitrogens with zero attached hydrogens (tertiary/aromatic N) is 2. The molecule has 152 valence electrons. The molecule has 0 radical (unpaired) electrons. The summed E-state index contributed by atoms with van der Waals surface area (Å²) in [5.74, 6) is 1.09. The van der Waals surface area contributed by atoms with Crippen LogP contribution in [-0.4, -0.2) is 54.7 Å². The number of sulfonamides is 1. The van der Waals surface area contributed by atoms with Gasteiger partial charge in [-0.2, -0.15) is 4.31 Å². The van der Waals surface area contributed by atoms with E-state index in [0.717, 1.165) is 49.7 Å². The number of aromatic amines is 1. The van der Waals surface area contributed by atoms with E-state index in [1.165, 1.54) is 0 Å². The standard InChI is InChI=1S/C21H29N3O3S/c1-15-7-10-24(11-8-15)28(26,27)18-5-6-19-17(12-18)13-20(22-19)21(25)23-9-3-4-16(2)14-23/h5-6,12-13,15-16,22H,3-4,7-11,14H2,1-2H3. The fourth-order valence-corrected chi connectivity index (χ4v) is 5.81. The number of carbonyl (C=O) groups is 1. The van der Waals surface area contributed by atoms with E-state index in [-0.39, 0.29) is 5.91 Å². The second-order valence-corrected chi connectivity index (χ2v) is 10.5. The molecule has 2 saturated heterocycles. The third-order valence-electron chi connectivity index (χ3n) is 6.15. The summed E-state index contributed by atoms with van der Waals surface area (Å²) in [6.45, 7) is 7.05. The molecular weight excluding hydrogens is 374 g/mol. The predicted molar refractivity (Wildman–Crippen MR) is 110 cm³/mol. The lowest BCUT2D eigenvalue weighted by molar-refractivity contribution is 0.0678. The molecule has 0 aliphatic carbocycles. The Bertz CT molecular complexity index is 974. The zero-order valence-corrected chi connectivity index (χ0v) is 17.5. The van der Waals surface area contributed by atoms with Gasteiger partial charge in [-0.3, -0.25) is 4.79 Å². The summed E-state index contributed by atoms with van der Waals surface area (Å²) in [6.07, 6.45) is 3.99. The van der Waals surface area contributed by atoms with Crippen molar-refractivity contribution < 1.29 is 13.2 Å². The summed E-state index contributed by atoms with van der Waals surface area (Å²) in [5.41, 5.74) is 1.32. The highest BCUT2D eigenvalue weighted by Crippen LogP contribution is 2.27. The van der Waals surface area contributed by atoms with E-state index in [0.29, 0.717) is 35.5 Å². The molecule has 0 saturated carbocycles. The lowest BCUT2D eigenvalue weighted by atomic mass is 10.00. The van der Waals surface area contributed by atoms with E-state index in [9.17, 15) is 13.2 Å². The summed E-state index contributed by atoms with van der Waals surface area (Å²) in [4.78, 5) is 18.2. The van der Waals surface area contributed by atoms with Crippen LogP contribution < -0.4 is 0 Å². The topological polar surface area (TPSA) is 73.5 Å². The van der Waals surface area contributed by atoms with Crippen LogP contribution in [0.4, 0.5) is 0 Å². The van der Waals surface area contributed by atoms with Gasteiger partial charge in [0, 0.05) is 37.1 Å². The highest BCUT2D eigenvalue weighted by atomic mass is 32.2. The fraction of sp³-hybridized carbons (Fsp3) is 0.571. The quantitative estimate of drug-likeness (QED) is 0.853. The molecule has 2 aliphatic heterocycles. The third kappa shape index (κ3) is 3.70. The zero-order chi connectivity index (χ0) is 19.9. The van der Waals surface area contributed by atoms with Gasteiger partial charge >= 0.3 is 0 Å². The van der Waals surface area contributed by atoms with Crippen molar-refractivity contribution in [3.8, 4) is 0 Å². The summed E-state index contributed by atoms with van der Waals surface area (Å²) in [6, 6.07) is 6.89. The maximum Gasteiger partial charge on any atom is 0.270 e. The molecule has 1 aromatic heterocycles. The average Bonchev–Trinajstić information content (AvgIpc) is 3.11. The minimum atomic E-state index is -3.49. The highest BCUT2D eigenvalue weighted by molar-refractivity contribution is 7.89. The van der Waals surface area contributed by atoms with Gasteiger partial charge in [-0.05, 0) is 61.8 Å². The van der Waals surface area contributed by atoms with Gasteiger partial charge in [0.25, 0.3) is 5.91 Å². The Kier molecular flexibility index (Phi) is 5.22. The highest BCUT2D eigenvalue weighted by Gasteiger charge is 2.29. The van der Waals surface area contributed by atoms with Crippen molar-refractivity contribution in [1.82, 2.24) is 14.2 Å². The number of piperidine rings is 2. The number of likely N-dealkylation sites (tertiary alicyclic amines) is 1. The van der Waals surface area contributed by atoms with Gasteiger partial charge in [0.15, 0.2) is 0 Å². The number of benzene rings is 1. The Morgan fingerprint density at radius 2 is 1.79 bits per heavy atom. The number of nitrogens with one attached hydrogen (secondary N) is 1. The van der Waals surface area contributed by atoms with Gasteiger partial charge in [-0.15, -0.1) is 0 Å². The normalized spacial score (nSPS) is 22.6. The molecule has 1 N–H and O–H groups in total. The molecule has 3 heterocycles. The van der Waals surface area contributed by atoms with Gasteiger partial charge in [0.1, 0.15) is 5.69 Å². The minimum absolute atomic E-state index is 0.00262. The van der Waals surface area contributed by atoms with Crippen LogP contribution in [0.5, 0.6) is 0 Å². The van der Waals surface area contributed by atoms with Crippen LogP contribution in [0, 0.1) is 11.8 Å². The summed E-state index contributed by atoms with van der Waals surface area (Å²) in [5, 5.41) is 0.764. The predicted octanol–water partition coefficient (Wildman–Crippen LogP) is 3.46. The number of hydrogen-bond acceptors (Lipinski definition) is 3. The molecular formula is C21H29N3O3S. The minimum Gasteiger partial charge on any atom is -0.351 e. The van der Waals surface area contributed by atoms with Crippen LogP contribution >= 0.6 is 0 Å². The molecule has 28 heavy (non-hydrogen) atoms. The largest absolute Gasteiger partial charge is 0.351 e. The molecule has 7 heteroatoms. The number of carbonyl (C=O) groups excluding carboxylic acids is 1. The number of rotatable bonds is 3. The molecule has 0 bridgehead atoms. The van der Waals surface area contributed by atoms with Gasteiger partial charge in [0.2, 0.25) is 10.0 Å². The third-order valence-corrected chi connectivity index (χ3v) is 8.04. The van der Waals surface area contributed by atoms with Crippen molar-refractivity contribution in [3.05, 3.63) is 30.0 Å². The Labute approximate surface area is 166 Å². The lowest BCUT2D eigenvalue weighted by Gasteiger charge is -2.30. The summed E-state index contributed by atoms with van der Waals surface area (Å²) < 4.78 is 27.6. The first-order valence-corrected chi connectivity index (χ1v) is 11.7. The molecule has 2 aromatic rings. The van der Waals surface area contributed by atoms with Crippen molar-refractivity contribution in [2.75, 3.05) is 26.2 Å². The molecule has 6 nitrogen and oxygen atoms in total. The van der Waals surface area contributed by atoms with Crippen molar-refractivity contribution in [1.29, 1.82) is 0 Å². The van der Waals surface area contributed by atoms with Gasteiger partial charge in [-0.1, -0.05) is 13.8 Å². The maximum absolute atomic E-state index is 13.0. The van der Waals surface area contributed by atoms with Crippen molar-refractivity contribution in [3.63, 3.8) is 0 Å². The number of aromatic nitrogens is 1. The zero-order valence-electron chi connectivity index (χ0n) is 16.6. The Morgan fingerprint density at radius 1 is 1.04 bits per heavy atom. The number of H-pyrrole nitrogens is 1. The monoisotopic (exact) mass is 403 g/mol. The molecule has 2 aliphatic rings. The van der Waals surface area contributed by atoms with Gasteiger partial charge in [-0.25, -0.2) is 8.42 Å². The fourth-order valence-electron chi connectivity index (χ4n) is 4.30. The molecule has 1 unspecified atom stereocenters. The van der Waals surface area contributed by atoms with E-state index in [2.05, 4.69) is 18.8 Å². The average molecular weight is 404 g/mol. The molecule has 0 spiro atoms. The first kappa shape index (κ1) is 19.5. The summed E-state index contributed by atoms with van der Waals surface area (Å²) >= 11 is 0. The molecule has 1 amide bonds. The van der Waals surface area contributed by atoms with Crippen LogP contribution in [0.1, 0.15) is 50.0 Å². The van der Waals surface area contributed by atoms with E-state index in [1.807, 2.05) is 4.90 Å². The second-order valence-electron chi connectivity index (χ2n) is 8.52. The van der Waals surface area contributed by atoms with Crippen LogP contribution in [0.15, 0.2) is 29.2 Å². The van der Waals surface area contributed by atoms with Gasteiger partial charge in [0.05, 0.1) is 4.90 Å². The van der Waals surface area contributed by atoms with Crippen LogP contribution in [0.2, 0.25) is 0 Å². The molecule has 4 rings (SSSR count). The van der Waals surface area contributed by atoms with Crippen molar-refractivity contribution >= 4 is 26.8 Å². The molecule has 2 fully saturated rings. The Morgan fingerprint density at radius 3 is 2.50 bits per heavy atom. The smallest absolute Gasteiger partial charge is 0.270 e. The molecule has 1 aromatic carbocycles. The van der Waals surface area contributed by atoms with Gasteiger partial charge < -0.3 is 9.88 Å². The number of fused-ring (bicyclic) bond motifs is 1. The van der Waals surface area contributed by atoms with E-state index >= 15 is 0 Å². The first-order valence-electron chi connectivity index (χ1n) is 10.3. The SMILES string of the molecule is CC1CCN(S(=O)(=O)c2ccc3[nH]c(C(=O)N4CCCC(C)C4)cc3c2)CC1. The van der Waals surface area contributed by atoms with E-state index < -0.39 is 10.0 Å². The van der Waals surface area contributed by atoms with Crippen LogP contribution in [0.25, 0.3) is 10.9 Å². The Hall–Kier alpha value is -1.86. The molecule has 1 atom stereocenters. The van der Waals surface area contributed by atoms with Crippen molar-refractivity contribution in [2.24, 2.45) is 11.8 Å². The van der Waals surface area contributed by atoms with E-state index in [4.69, 9.17) is 0 Å². The van der Waals surface area contributed by atoms with Crippen LogP contribution in [-0.2, 0) is 10.0 Å². The summed E-state index contributed by atoms with van der Waals surface area (Å²) in [7, 11) is -3.49. The first-order chi connectivity index (χ1) is 13.3. The maximum atomic E-state index is 13.0. The van der Waals surface area contributed by atoms with Crippen molar-refractivity contribution in [2.45, 2.75) is 44.4 Å².